The molecule has 0 aliphatic rings. The molecule has 1 aromatic rings. The fourth-order valence-corrected chi connectivity index (χ4v) is 1.68. The van der Waals surface area contributed by atoms with Crippen LogP contribution in [0.3, 0.4) is 0 Å². The van der Waals surface area contributed by atoms with E-state index in [2.05, 4.69) is 0 Å². The quantitative estimate of drug-likeness (QED) is 0.613. The first kappa shape index (κ1) is 16.8. The van der Waals surface area contributed by atoms with Gasteiger partial charge in [-0.15, -0.1) is 0 Å². The second kappa shape index (κ2) is 7.54. The standard InChI is InChI=1S/C14H15N3O5/c1-20-10-5-8(6-11(21-2)12(10)22-3)4-9(7-15)13(18)17-14(16)19/h4-6H,1-3H3,(H3,16,17,18,19)/b9-4-. The van der Waals surface area contributed by atoms with E-state index in [1.54, 1.807) is 18.2 Å². The Kier molecular flexibility index (Phi) is 5.77. The number of hydrogen-bond donors (Lipinski definition) is 2. The second-order valence-electron chi connectivity index (χ2n) is 3.95. The van der Waals surface area contributed by atoms with Crippen LogP contribution in [-0.4, -0.2) is 33.3 Å². The molecule has 1 aromatic carbocycles. The minimum Gasteiger partial charge on any atom is -0.493 e. The molecule has 0 spiro atoms. The van der Waals surface area contributed by atoms with Gasteiger partial charge in [-0.3, -0.25) is 10.1 Å². The number of ether oxygens (including phenoxy) is 3. The number of nitrogens with one attached hydrogen (secondary N) is 1. The van der Waals surface area contributed by atoms with Crippen molar-refractivity contribution in [1.82, 2.24) is 5.32 Å². The lowest BCUT2D eigenvalue weighted by atomic mass is 10.1. The third-order valence-electron chi connectivity index (χ3n) is 2.60. The molecule has 0 aromatic heterocycles. The van der Waals surface area contributed by atoms with Crippen LogP contribution < -0.4 is 25.3 Å². The van der Waals surface area contributed by atoms with Crippen molar-refractivity contribution in [3.8, 4) is 23.3 Å². The molecular weight excluding hydrogens is 290 g/mol. The van der Waals surface area contributed by atoms with Crippen molar-refractivity contribution < 1.29 is 23.8 Å². The highest BCUT2D eigenvalue weighted by Gasteiger charge is 2.15. The van der Waals surface area contributed by atoms with Crippen molar-refractivity contribution in [3.63, 3.8) is 0 Å². The molecule has 0 fully saturated rings. The molecule has 116 valence electrons. The van der Waals surface area contributed by atoms with E-state index in [9.17, 15) is 9.59 Å². The number of carbonyl (C=O) groups excluding carboxylic acids is 2. The van der Waals surface area contributed by atoms with Crippen LogP contribution in [0.2, 0.25) is 0 Å². The Morgan fingerprint density at radius 2 is 1.73 bits per heavy atom. The number of methoxy groups -OCH3 is 3. The summed E-state index contributed by atoms with van der Waals surface area (Å²) >= 11 is 0. The van der Waals surface area contributed by atoms with E-state index < -0.39 is 11.9 Å². The monoisotopic (exact) mass is 305 g/mol. The number of benzene rings is 1. The molecule has 8 heteroatoms. The van der Waals surface area contributed by atoms with Crippen LogP contribution >= 0.6 is 0 Å². The summed E-state index contributed by atoms with van der Waals surface area (Å²) in [5.41, 5.74) is 5.00. The minimum absolute atomic E-state index is 0.298. The molecule has 0 saturated heterocycles. The van der Waals surface area contributed by atoms with Gasteiger partial charge in [-0.1, -0.05) is 0 Å². The van der Waals surface area contributed by atoms with Crippen molar-refractivity contribution in [1.29, 1.82) is 5.26 Å². The molecule has 3 N–H and O–H groups in total. The summed E-state index contributed by atoms with van der Waals surface area (Å²) in [5.74, 6) is 0.201. The third-order valence-corrected chi connectivity index (χ3v) is 2.60. The smallest absolute Gasteiger partial charge is 0.319 e. The Hall–Kier alpha value is -3.21. The fraction of sp³-hybridized carbons (Fsp3) is 0.214. The number of amides is 3. The zero-order chi connectivity index (χ0) is 16.7. The van der Waals surface area contributed by atoms with Crippen LogP contribution in [0.1, 0.15) is 5.56 Å². The fourth-order valence-electron chi connectivity index (χ4n) is 1.68. The van der Waals surface area contributed by atoms with E-state index >= 15 is 0 Å². The number of nitrogens with two attached hydrogens (primary N) is 1. The zero-order valence-corrected chi connectivity index (χ0v) is 12.3. The number of imide groups is 1. The SMILES string of the molecule is COc1cc(/C=C(/C#N)C(=O)NC(N)=O)cc(OC)c1OC. The van der Waals surface area contributed by atoms with Crippen molar-refractivity contribution in [2.75, 3.05) is 21.3 Å². The molecular formula is C14H15N3O5. The van der Waals surface area contributed by atoms with Crippen LogP contribution in [0.5, 0.6) is 17.2 Å². The number of hydrogen-bond acceptors (Lipinski definition) is 6. The number of carbonyl (C=O) groups is 2. The van der Waals surface area contributed by atoms with Gasteiger partial charge in [0.15, 0.2) is 11.5 Å². The summed E-state index contributed by atoms with van der Waals surface area (Å²) in [6.07, 6.45) is 1.27. The van der Waals surface area contributed by atoms with E-state index in [1.165, 1.54) is 27.4 Å². The summed E-state index contributed by atoms with van der Waals surface area (Å²) in [6.45, 7) is 0. The molecule has 3 amide bonds. The Morgan fingerprint density at radius 3 is 2.09 bits per heavy atom. The maximum atomic E-state index is 11.6. The van der Waals surface area contributed by atoms with Gasteiger partial charge in [0.05, 0.1) is 21.3 Å². The van der Waals surface area contributed by atoms with Crippen LogP contribution in [0.25, 0.3) is 6.08 Å². The van der Waals surface area contributed by atoms with Crippen molar-refractivity contribution in [2.45, 2.75) is 0 Å². The highest BCUT2D eigenvalue weighted by molar-refractivity contribution is 6.08. The first-order valence-electron chi connectivity index (χ1n) is 5.99. The minimum atomic E-state index is -1.05. The Bertz CT molecular complexity index is 636. The molecule has 0 saturated carbocycles. The average molecular weight is 305 g/mol. The van der Waals surface area contributed by atoms with Gasteiger partial charge in [-0.25, -0.2) is 4.79 Å². The van der Waals surface area contributed by atoms with E-state index in [-0.39, 0.29) is 5.57 Å². The molecule has 1 rings (SSSR count). The summed E-state index contributed by atoms with van der Waals surface area (Å²) < 4.78 is 15.5. The van der Waals surface area contributed by atoms with E-state index in [0.29, 0.717) is 22.8 Å². The van der Waals surface area contributed by atoms with E-state index in [4.69, 9.17) is 25.2 Å². The van der Waals surface area contributed by atoms with Crippen molar-refractivity contribution >= 4 is 18.0 Å². The van der Waals surface area contributed by atoms with Gasteiger partial charge < -0.3 is 19.9 Å². The lowest BCUT2D eigenvalue weighted by Gasteiger charge is -2.13. The average Bonchev–Trinajstić information content (AvgIpc) is 2.50. The topological polar surface area (TPSA) is 124 Å². The Balaban J connectivity index is 3.31. The Morgan fingerprint density at radius 1 is 1.18 bits per heavy atom. The molecule has 0 radical (unpaired) electrons. The first-order chi connectivity index (χ1) is 10.5. The Labute approximate surface area is 127 Å². The molecule has 0 unspecified atom stereocenters. The van der Waals surface area contributed by atoms with Gasteiger partial charge in [-0.2, -0.15) is 5.26 Å². The van der Waals surface area contributed by atoms with Crippen LogP contribution in [0, 0.1) is 11.3 Å². The van der Waals surface area contributed by atoms with E-state index in [1.807, 2.05) is 5.32 Å². The molecule has 0 aliphatic carbocycles. The maximum Gasteiger partial charge on any atom is 0.319 e. The van der Waals surface area contributed by atoms with Crippen LogP contribution in [-0.2, 0) is 4.79 Å². The van der Waals surface area contributed by atoms with Gasteiger partial charge in [0, 0.05) is 0 Å². The van der Waals surface area contributed by atoms with Crippen LogP contribution in [0.4, 0.5) is 4.79 Å². The van der Waals surface area contributed by atoms with Gasteiger partial charge in [0.25, 0.3) is 5.91 Å². The number of urea groups is 1. The van der Waals surface area contributed by atoms with Gasteiger partial charge in [0.1, 0.15) is 11.6 Å². The predicted octanol–water partition coefficient (Wildman–Crippen LogP) is 0.814. The highest BCUT2D eigenvalue weighted by atomic mass is 16.5. The normalized spacial score (nSPS) is 10.4. The van der Waals surface area contributed by atoms with Crippen molar-refractivity contribution in [3.05, 3.63) is 23.3 Å². The van der Waals surface area contributed by atoms with Crippen molar-refractivity contribution in [2.24, 2.45) is 5.73 Å². The molecule has 0 bridgehead atoms. The van der Waals surface area contributed by atoms with Crippen LogP contribution in [0.15, 0.2) is 17.7 Å². The number of nitriles is 1. The lowest BCUT2D eigenvalue weighted by molar-refractivity contribution is -0.115. The highest BCUT2D eigenvalue weighted by Crippen LogP contribution is 2.38. The summed E-state index contributed by atoms with van der Waals surface area (Å²) in [5, 5.41) is 10.8. The number of rotatable bonds is 5. The van der Waals surface area contributed by atoms with Gasteiger partial charge >= 0.3 is 6.03 Å². The summed E-state index contributed by atoms with van der Waals surface area (Å²) in [4.78, 5) is 22.3. The number of nitrogens with zero attached hydrogens (tertiary/aromatic N) is 1. The summed E-state index contributed by atoms with van der Waals surface area (Å²) in [6, 6.07) is 3.75. The zero-order valence-electron chi connectivity index (χ0n) is 12.3. The molecule has 0 atom stereocenters. The molecule has 22 heavy (non-hydrogen) atoms. The molecule has 0 aliphatic heterocycles. The first-order valence-corrected chi connectivity index (χ1v) is 5.99. The largest absolute Gasteiger partial charge is 0.493 e. The third kappa shape index (κ3) is 3.89. The predicted molar refractivity (Wildman–Crippen MR) is 77.4 cm³/mol. The maximum absolute atomic E-state index is 11.6. The lowest BCUT2D eigenvalue weighted by Crippen LogP contribution is -2.35. The number of primary amides is 1. The van der Waals surface area contributed by atoms with Gasteiger partial charge in [0.2, 0.25) is 5.75 Å². The van der Waals surface area contributed by atoms with E-state index in [0.717, 1.165) is 0 Å². The molecule has 8 nitrogen and oxygen atoms in total. The summed E-state index contributed by atoms with van der Waals surface area (Å²) in [7, 11) is 4.34. The van der Waals surface area contributed by atoms with Gasteiger partial charge in [-0.05, 0) is 23.8 Å². The second-order valence-corrected chi connectivity index (χ2v) is 3.95. The molecule has 0 heterocycles.